The predicted octanol–water partition coefficient (Wildman–Crippen LogP) is 4.10. The molecule has 0 saturated carbocycles. The van der Waals surface area contributed by atoms with Gasteiger partial charge in [-0.3, -0.25) is 5.41 Å². The van der Waals surface area contributed by atoms with Gasteiger partial charge in [0, 0.05) is 23.7 Å². The lowest BCUT2D eigenvalue weighted by atomic mass is 9.78. The summed E-state index contributed by atoms with van der Waals surface area (Å²) in [6.45, 7) is 8.93. The van der Waals surface area contributed by atoms with Crippen molar-refractivity contribution in [3.8, 4) is 0 Å². The Kier molecular flexibility index (Phi) is 5.20. The van der Waals surface area contributed by atoms with Crippen molar-refractivity contribution in [1.29, 1.82) is 5.41 Å². The summed E-state index contributed by atoms with van der Waals surface area (Å²) in [4.78, 5) is 3.54. The van der Waals surface area contributed by atoms with E-state index in [1.807, 2.05) is 0 Å². The van der Waals surface area contributed by atoms with Crippen LogP contribution in [0.5, 0.6) is 0 Å². The molecule has 3 nitrogen and oxygen atoms in total. The molecule has 0 radical (unpaired) electrons. The summed E-state index contributed by atoms with van der Waals surface area (Å²) in [5.41, 5.74) is 8.41. The van der Waals surface area contributed by atoms with Crippen LogP contribution in [-0.2, 0) is 0 Å². The number of nitrogen functional groups attached to an aromatic ring is 1. The Labute approximate surface area is 132 Å². The molecule has 0 aromatic heterocycles. The summed E-state index contributed by atoms with van der Waals surface area (Å²) < 4.78 is 0. The zero-order chi connectivity index (χ0) is 15.5. The molecule has 1 saturated heterocycles. The molecule has 0 atom stereocenters. The third-order valence-corrected chi connectivity index (χ3v) is 5.68. The minimum absolute atomic E-state index is 0.186. The van der Waals surface area contributed by atoms with Crippen LogP contribution in [0, 0.1) is 10.8 Å². The normalized spacial score (nSPS) is 17.8. The van der Waals surface area contributed by atoms with Gasteiger partial charge in [-0.1, -0.05) is 33.3 Å². The number of nitrogens with one attached hydrogen (secondary N) is 1. The number of amidine groups is 1. The largest absolute Gasteiger partial charge is 0.384 e. The van der Waals surface area contributed by atoms with E-state index in [0.29, 0.717) is 5.41 Å². The van der Waals surface area contributed by atoms with Crippen LogP contribution in [0.2, 0.25) is 0 Å². The van der Waals surface area contributed by atoms with E-state index in [0.717, 1.165) is 35.0 Å². The number of rotatable bonds is 5. The number of thioether (sulfide) groups is 1. The van der Waals surface area contributed by atoms with Gasteiger partial charge >= 0.3 is 0 Å². The van der Waals surface area contributed by atoms with Gasteiger partial charge in [0.15, 0.2) is 0 Å². The third kappa shape index (κ3) is 3.54. The van der Waals surface area contributed by atoms with Crippen LogP contribution in [0.4, 0.5) is 5.69 Å². The lowest BCUT2D eigenvalue weighted by molar-refractivity contribution is 0.238. The zero-order valence-electron chi connectivity index (χ0n) is 13.4. The first-order valence-electron chi connectivity index (χ1n) is 7.86. The number of hydrogen-bond acceptors (Lipinski definition) is 3. The van der Waals surface area contributed by atoms with Crippen LogP contribution in [-0.4, -0.2) is 24.7 Å². The smallest absolute Gasteiger partial charge is 0.126 e. The fourth-order valence-electron chi connectivity index (χ4n) is 2.97. The standard InChI is InChI=1S/C17H27N3S/c1-4-17(3)9-11-20(12-10-17)13-7-6-8-14(21-5-2)15(13)16(18)19/h6-8H,4-5,9-12H2,1-3H3,(H3,18,19). The minimum Gasteiger partial charge on any atom is -0.384 e. The summed E-state index contributed by atoms with van der Waals surface area (Å²) in [5.74, 6) is 1.18. The molecule has 4 heteroatoms. The maximum atomic E-state index is 7.97. The van der Waals surface area contributed by atoms with Crippen molar-refractivity contribution in [2.45, 2.75) is 44.9 Å². The van der Waals surface area contributed by atoms with Crippen LogP contribution >= 0.6 is 11.8 Å². The Bertz CT molecular complexity index is 505. The highest BCUT2D eigenvalue weighted by atomic mass is 32.2. The van der Waals surface area contributed by atoms with Gasteiger partial charge in [-0.15, -0.1) is 11.8 Å². The first-order chi connectivity index (χ1) is 10.0. The zero-order valence-corrected chi connectivity index (χ0v) is 14.2. The highest BCUT2D eigenvalue weighted by Crippen LogP contribution is 2.38. The molecule has 1 heterocycles. The van der Waals surface area contributed by atoms with Gasteiger partial charge in [0.25, 0.3) is 0 Å². The first kappa shape index (κ1) is 16.2. The Balaban J connectivity index is 2.28. The predicted molar refractivity (Wildman–Crippen MR) is 93.7 cm³/mol. The lowest BCUT2D eigenvalue weighted by Gasteiger charge is -2.40. The van der Waals surface area contributed by atoms with Crippen LogP contribution in [0.3, 0.4) is 0 Å². The monoisotopic (exact) mass is 305 g/mol. The van der Waals surface area contributed by atoms with E-state index in [4.69, 9.17) is 11.1 Å². The van der Waals surface area contributed by atoms with Gasteiger partial charge in [0.1, 0.15) is 5.84 Å². The summed E-state index contributed by atoms with van der Waals surface area (Å²) in [7, 11) is 0. The molecule has 2 rings (SSSR count). The molecule has 0 spiro atoms. The topological polar surface area (TPSA) is 53.1 Å². The van der Waals surface area contributed by atoms with Crippen molar-refractivity contribution in [2.75, 3.05) is 23.7 Å². The Morgan fingerprint density at radius 3 is 2.52 bits per heavy atom. The second kappa shape index (κ2) is 6.73. The van der Waals surface area contributed by atoms with Crippen LogP contribution in [0.15, 0.2) is 23.1 Å². The Hall–Kier alpha value is -1.16. The molecule has 0 amide bonds. The second-order valence-electron chi connectivity index (χ2n) is 6.15. The fourth-order valence-corrected chi connectivity index (χ4v) is 3.82. The van der Waals surface area contributed by atoms with E-state index >= 15 is 0 Å². The molecule has 116 valence electrons. The summed E-state index contributed by atoms with van der Waals surface area (Å²) in [6.07, 6.45) is 3.67. The number of piperidine rings is 1. The van der Waals surface area contributed by atoms with Gasteiger partial charge in [0.05, 0.1) is 5.56 Å². The highest BCUT2D eigenvalue weighted by Gasteiger charge is 2.29. The number of hydrogen-bond donors (Lipinski definition) is 2. The van der Waals surface area contributed by atoms with Gasteiger partial charge in [-0.05, 0) is 36.1 Å². The molecular weight excluding hydrogens is 278 g/mol. The van der Waals surface area contributed by atoms with Gasteiger partial charge in [-0.25, -0.2) is 0 Å². The molecule has 0 unspecified atom stereocenters. The van der Waals surface area contributed by atoms with Crippen LogP contribution < -0.4 is 10.6 Å². The van der Waals surface area contributed by atoms with Crippen molar-refractivity contribution in [2.24, 2.45) is 11.1 Å². The molecule has 0 bridgehead atoms. The van der Waals surface area contributed by atoms with E-state index in [1.54, 1.807) is 11.8 Å². The molecule has 1 aromatic rings. The maximum absolute atomic E-state index is 7.97. The number of nitrogens with two attached hydrogens (primary N) is 1. The molecule has 1 aliphatic rings. The average Bonchev–Trinajstić information content (AvgIpc) is 2.48. The highest BCUT2D eigenvalue weighted by molar-refractivity contribution is 7.99. The number of nitrogens with zero attached hydrogens (tertiary/aromatic N) is 1. The molecule has 3 N–H and O–H groups in total. The molecule has 1 aromatic carbocycles. The number of benzene rings is 1. The third-order valence-electron chi connectivity index (χ3n) is 4.74. The first-order valence-corrected chi connectivity index (χ1v) is 8.84. The molecule has 0 aliphatic carbocycles. The van der Waals surface area contributed by atoms with Crippen LogP contribution in [0.25, 0.3) is 0 Å². The van der Waals surface area contributed by atoms with E-state index in [9.17, 15) is 0 Å². The van der Waals surface area contributed by atoms with Crippen LogP contribution in [0.1, 0.15) is 45.6 Å². The number of anilines is 1. The minimum atomic E-state index is 0.186. The van der Waals surface area contributed by atoms with E-state index < -0.39 is 0 Å². The Morgan fingerprint density at radius 1 is 1.33 bits per heavy atom. The summed E-state index contributed by atoms with van der Waals surface area (Å²) >= 11 is 1.77. The van der Waals surface area contributed by atoms with Crippen molar-refractivity contribution >= 4 is 23.3 Å². The quantitative estimate of drug-likeness (QED) is 0.489. The van der Waals surface area contributed by atoms with E-state index in [1.165, 1.54) is 19.3 Å². The van der Waals surface area contributed by atoms with E-state index in [-0.39, 0.29) is 5.84 Å². The van der Waals surface area contributed by atoms with Gasteiger partial charge < -0.3 is 10.6 Å². The molecule has 21 heavy (non-hydrogen) atoms. The fraction of sp³-hybridized carbons (Fsp3) is 0.588. The SMILES string of the molecule is CCSc1cccc(N2CCC(C)(CC)CC2)c1C(=N)N. The van der Waals surface area contributed by atoms with Gasteiger partial charge in [0.2, 0.25) is 0 Å². The van der Waals surface area contributed by atoms with Crippen molar-refractivity contribution in [3.05, 3.63) is 23.8 Å². The van der Waals surface area contributed by atoms with E-state index in [2.05, 4.69) is 43.9 Å². The second-order valence-corrected chi connectivity index (χ2v) is 7.45. The molecule has 1 aliphatic heterocycles. The summed E-state index contributed by atoms with van der Waals surface area (Å²) in [5, 5.41) is 7.97. The molecule has 1 fully saturated rings. The van der Waals surface area contributed by atoms with Crippen molar-refractivity contribution < 1.29 is 0 Å². The van der Waals surface area contributed by atoms with Crippen molar-refractivity contribution in [3.63, 3.8) is 0 Å². The summed E-state index contributed by atoms with van der Waals surface area (Å²) in [6, 6.07) is 6.28. The van der Waals surface area contributed by atoms with Crippen molar-refractivity contribution in [1.82, 2.24) is 0 Å². The Morgan fingerprint density at radius 2 is 2.00 bits per heavy atom. The molecular formula is C17H27N3S. The average molecular weight is 305 g/mol. The van der Waals surface area contributed by atoms with Gasteiger partial charge in [-0.2, -0.15) is 0 Å². The lowest BCUT2D eigenvalue weighted by Crippen LogP contribution is -2.39. The maximum Gasteiger partial charge on any atom is 0.126 e.